The summed E-state index contributed by atoms with van der Waals surface area (Å²) in [5.41, 5.74) is 1.96. The van der Waals surface area contributed by atoms with Gasteiger partial charge in [-0.2, -0.15) is 0 Å². The minimum atomic E-state index is -9.78. The van der Waals surface area contributed by atoms with E-state index in [1.807, 2.05) is 49.9 Å². The molecule has 1 N–H and O–H groups in total. The second kappa shape index (κ2) is 11.9. The monoisotopic (exact) mass is 671 g/mol. The number of fused-ring (bicyclic) bond motifs is 1. The molecule has 0 aliphatic carbocycles. The van der Waals surface area contributed by atoms with Crippen molar-refractivity contribution in [3.05, 3.63) is 48.5 Å². The van der Waals surface area contributed by atoms with Gasteiger partial charge in [-0.15, -0.1) is 0 Å². The minimum absolute atomic E-state index is 0.0309. The second-order valence-electron chi connectivity index (χ2n) is 13.8. The van der Waals surface area contributed by atoms with Crippen molar-refractivity contribution in [3.8, 4) is 11.3 Å². The molecule has 1 aromatic heterocycles. The van der Waals surface area contributed by atoms with Crippen LogP contribution in [0.1, 0.15) is 47.5 Å². The molecule has 0 unspecified atom stereocenters. The maximum Gasteiger partial charge on any atom is 0.410 e. The van der Waals surface area contributed by atoms with E-state index in [-0.39, 0.29) is 17.5 Å². The number of piperazine rings is 1. The molecule has 0 bridgehead atoms. The van der Waals surface area contributed by atoms with Crippen molar-refractivity contribution in [2.45, 2.75) is 70.0 Å². The van der Waals surface area contributed by atoms with Gasteiger partial charge in [0.05, 0.1) is 0 Å². The summed E-state index contributed by atoms with van der Waals surface area (Å²) in [5, 5.41) is 0.0657. The Bertz CT molecular complexity index is 1540. The number of ether oxygens (including phenoxy) is 1. The van der Waals surface area contributed by atoms with Crippen LogP contribution in [0.5, 0.6) is 0 Å². The molecule has 1 amide bonds. The molecule has 2 saturated heterocycles. The number of nitrogens with one attached hydrogen (secondary N) is 1. The number of hydrogen-bond acceptors (Lipinski definition) is 5. The smallest absolute Gasteiger partial charge is 0.410 e. The lowest BCUT2D eigenvalue weighted by Crippen LogP contribution is -2.53. The van der Waals surface area contributed by atoms with Crippen LogP contribution in [0.15, 0.2) is 53.4 Å². The topological polar surface area (TPSA) is 55.0 Å². The standard InChI is InChI=1S/C33H46F5N5O2S/c1-24(2)41-18-15-40(16-19-41)17-20-43(32(44)45-33(3,4)5)27-11-13-42(14-12-27)28-8-6-7-25(21-28)31-23-26-22-29(9-10-30(26)39-31)46(34,35,36,37)38/h6-10,21-24,27,39H,11-20H2,1-5H3. The third kappa shape index (κ3) is 8.46. The molecule has 3 heterocycles. The molecule has 13 heteroatoms. The van der Waals surface area contributed by atoms with Crippen LogP contribution < -0.4 is 4.90 Å². The molecule has 0 atom stereocenters. The van der Waals surface area contributed by atoms with Crippen molar-refractivity contribution in [1.82, 2.24) is 19.7 Å². The van der Waals surface area contributed by atoms with E-state index in [0.717, 1.165) is 62.9 Å². The fourth-order valence-corrected chi connectivity index (χ4v) is 6.98. The van der Waals surface area contributed by atoms with Gasteiger partial charge in [-0.25, -0.2) is 4.79 Å². The highest BCUT2D eigenvalue weighted by Gasteiger charge is 2.65. The number of halogens is 5. The third-order valence-corrected chi connectivity index (χ3v) is 10.0. The Labute approximate surface area is 268 Å². The zero-order valence-corrected chi connectivity index (χ0v) is 28.1. The van der Waals surface area contributed by atoms with E-state index >= 15 is 0 Å². The first-order valence-corrected chi connectivity index (χ1v) is 17.9. The van der Waals surface area contributed by atoms with Crippen LogP contribution in [0.2, 0.25) is 0 Å². The van der Waals surface area contributed by atoms with E-state index in [4.69, 9.17) is 4.74 Å². The molecule has 7 nitrogen and oxygen atoms in total. The van der Waals surface area contributed by atoms with Crippen LogP contribution in [-0.4, -0.2) is 95.8 Å². The van der Waals surface area contributed by atoms with Gasteiger partial charge in [-0.3, -0.25) is 9.80 Å². The normalized spacial score (nSPS) is 19.3. The Hall–Kier alpha value is -3.03. The highest BCUT2D eigenvalue weighted by atomic mass is 32.5. The summed E-state index contributed by atoms with van der Waals surface area (Å²) in [6.45, 7) is 16.9. The minimum Gasteiger partial charge on any atom is -0.444 e. The lowest BCUT2D eigenvalue weighted by molar-refractivity contribution is 0.00952. The number of carbonyl (C=O) groups is 1. The number of amides is 1. The lowest BCUT2D eigenvalue weighted by atomic mass is 10.0. The average molecular weight is 672 g/mol. The molecule has 0 saturated carbocycles. The molecule has 3 aromatic rings. The summed E-state index contributed by atoms with van der Waals surface area (Å²) in [6.07, 6.45) is 1.23. The number of hydrogen-bond donors (Lipinski definition) is 1. The van der Waals surface area contributed by atoms with Crippen molar-refractivity contribution >= 4 is 32.9 Å². The summed E-state index contributed by atoms with van der Waals surface area (Å²) in [4.78, 5) is 23.5. The van der Waals surface area contributed by atoms with Crippen LogP contribution in [0.3, 0.4) is 0 Å². The molecular formula is C33H46F5N5O2S. The van der Waals surface area contributed by atoms with Crippen molar-refractivity contribution in [2.75, 3.05) is 57.3 Å². The molecular weight excluding hydrogens is 625 g/mol. The van der Waals surface area contributed by atoms with Gasteiger partial charge in [0, 0.05) is 86.7 Å². The first kappa shape index (κ1) is 34.3. The van der Waals surface area contributed by atoms with E-state index in [1.54, 1.807) is 0 Å². The van der Waals surface area contributed by atoms with Crippen LogP contribution in [0.4, 0.5) is 29.9 Å². The Morgan fingerprint density at radius 3 is 2.24 bits per heavy atom. The molecule has 2 fully saturated rings. The van der Waals surface area contributed by atoms with Gasteiger partial charge < -0.3 is 19.5 Å². The summed E-state index contributed by atoms with van der Waals surface area (Å²) >= 11 is 0. The van der Waals surface area contributed by atoms with Crippen molar-refractivity contribution in [2.24, 2.45) is 0 Å². The van der Waals surface area contributed by atoms with E-state index in [1.165, 1.54) is 6.07 Å². The second-order valence-corrected chi connectivity index (χ2v) is 16.2. The highest BCUT2D eigenvalue weighted by molar-refractivity contribution is 8.45. The summed E-state index contributed by atoms with van der Waals surface area (Å²) in [7, 11) is -9.78. The maximum absolute atomic E-state index is 13.4. The summed E-state index contributed by atoms with van der Waals surface area (Å²) < 4.78 is 72.7. The van der Waals surface area contributed by atoms with Crippen LogP contribution in [0.25, 0.3) is 22.2 Å². The number of aromatic nitrogens is 1. The van der Waals surface area contributed by atoms with E-state index in [9.17, 15) is 24.2 Å². The number of piperidine rings is 1. The largest absolute Gasteiger partial charge is 0.444 e. The van der Waals surface area contributed by atoms with Crippen molar-refractivity contribution in [1.29, 1.82) is 0 Å². The van der Waals surface area contributed by atoms with Gasteiger partial charge >= 0.3 is 16.3 Å². The Balaban J connectivity index is 1.26. The first-order valence-electron chi connectivity index (χ1n) is 15.9. The van der Waals surface area contributed by atoms with Gasteiger partial charge in [-0.05, 0) is 89.4 Å². The van der Waals surface area contributed by atoms with Crippen molar-refractivity contribution in [3.63, 3.8) is 0 Å². The summed E-state index contributed by atoms with van der Waals surface area (Å²) in [5.74, 6) is 0. The van der Waals surface area contributed by atoms with Gasteiger partial charge in [-0.1, -0.05) is 31.6 Å². The molecule has 5 rings (SSSR count). The third-order valence-electron chi connectivity index (χ3n) is 8.89. The van der Waals surface area contributed by atoms with Gasteiger partial charge in [0.25, 0.3) is 0 Å². The number of carbonyl (C=O) groups excluding carboxylic acids is 1. The average Bonchev–Trinajstić information content (AvgIpc) is 3.40. The van der Waals surface area contributed by atoms with E-state index in [0.29, 0.717) is 49.0 Å². The predicted octanol–water partition coefficient (Wildman–Crippen LogP) is 8.72. The molecule has 2 aliphatic heterocycles. The molecule has 46 heavy (non-hydrogen) atoms. The zero-order chi connectivity index (χ0) is 33.6. The number of nitrogens with zero attached hydrogens (tertiary/aromatic N) is 4. The Morgan fingerprint density at radius 1 is 0.957 bits per heavy atom. The van der Waals surface area contributed by atoms with Gasteiger partial charge in [0.2, 0.25) is 0 Å². The van der Waals surface area contributed by atoms with Crippen LogP contribution in [0, 0.1) is 0 Å². The van der Waals surface area contributed by atoms with Crippen molar-refractivity contribution < 1.29 is 29.0 Å². The number of rotatable bonds is 8. The van der Waals surface area contributed by atoms with Crippen LogP contribution >= 0.6 is 10.2 Å². The summed E-state index contributed by atoms with van der Waals surface area (Å²) in [6, 6.07) is 11.6. The maximum atomic E-state index is 13.4. The number of aromatic amines is 1. The SMILES string of the molecule is CC(C)N1CCN(CCN(C(=O)OC(C)(C)C)C2CCN(c3cccc(-c4cc5cc(S(F)(F)(F)(F)F)ccc5[nH]4)c3)CC2)CC1. The Kier molecular flexibility index (Phi) is 8.87. The zero-order valence-electron chi connectivity index (χ0n) is 27.2. The predicted molar refractivity (Wildman–Crippen MR) is 176 cm³/mol. The van der Waals surface area contributed by atoms with E-state index in [2.05, 4.69) is 33.5 Å². The molecule has 2 aliphatic rings. The molecule has 0 radical (unpaired) electrons. The molecule has 2 aromatic carbocycles. The lowest BCUT2D eigenvalue weighted by Gasteiger charge is -2.41. The molecule has 256 valence electrons. The van der Waals surface area contributed by atoms with Crippen LogP contribution in [-0.2, 0) is 4.74 Å². The number of anilines is 1. The fourth-order valence-electron chi connectivity index (χ4n) is 6.31. The fraction of sp³-hybridized carbons (Fsp3) is 0.545. The van der Waals surface area contributed by atoms with Gasteiger partial charge in [0.1, 0.15) is 10.5 Å². The number of benzene rings is 2. The van der Waals surface area contributed by atoms with Gasteiger partial charge in [0.15, 0.2) is 0 Å². The highest BCUT2D eigenvalue weighted by Crippen LogP contribution is 3.02. The number of H-pyrrole nitrogens is 1. The first-order chi connectivity index (χ1) is 21.3. The Morgan fingerprint density at radius 2 is 1.63 bits per heavy atom. The molecule has 0 spiro atoms. The quantitative estimate of drug-likeness (QED) is 0.243. The van der Waals surface area contributed by atoms with E-state index < -0.39 is 20.7 Å².